The van der Waals surface area contributed by atoms with E-state index < -0.39 is 0 Å². The largest absolute Gasteiger partial charge is 0.450 e. The number of nitrogens with zero attached hydrogens (tertiary/aromatic N) is 1. The summed E-state index contributed by atoms with van der Waals surface area (Å²) in [4.78, 5) is 13.9. The number of halogens is 2. The predicted octanol–water partition coefficient (Wildman–Crippen LogP) is 2.32. The lowest BCUT2D eigenvalue weighted by atomic mass is 10.3. The normalized spacial score (nSPS) is 15.9. The minimum absolute atomic E-state index is 0. The number of nitrogens with one attached hydrogen (secondary N) is 1. The molecule has 0 unspecified atom stereocenters. The molecule has 7 heteroatoms. The van der Waals surface area contributed by atoms with E-state index in [1.165, 1.54) is 6.08 Å². The van der Waals surface area contributed by atoms with Crippen LogP contribution in [-0.2, 0) is 9.53 Å². The van der Waals surface area contributed by atoms with Crippen LogP contribution >= 0.6 is 28.3 Å². The maximum Gasteiger partial charge on any atom is 0.244 e. The third kappa shape index (κ3) is 7.13. The lowest BCUT2D eigenvalue weighted by Gasteiger charge is -2.26. The Balaban J connectivity index is 0.00000220. The van der Waals surface area contributed by atoms with Gasteiger partial charge in [-0.2, -0.15) is 0 Å². The van der Waals surface area contributed by atoms with Crippen LogP contribution in [0.3, 0.4) is 0 Å². The highest BCUT2D eigenvalue weighted by Crippen LogP contribution is 2.14. The van der Waals surface area contributed by atoms with Gasteiger partial charge < -0.3 is 14.5 Å². The molecule has 1 aliphatic heterocycles. The van der Waals surface area contributed by atoms with E-state index in [2.05, 4.69) is 26.1 Å². The number of ether oxygens (including phenoxy) is 1. The fourth-order valence-corrected chi connectivity index (χ4v) is 2.29. The smallest absolute Gasteiger partial charge is 0.244 e. The summed E-state index contributed by atoms with van der Waals surface area (Å²) in [6, 6.07) is 3.59. The van der Waals surface area contributed by atoms with Crippen LogP contribution in [0.15, 0.2) is 27.3 Å². The fraction of sp³-hybridized carbons (Fsp3) is 0.500. The molecule has 0 bridgehead atoms. The van der Waals surface area contributed by atoms with Gasteiger partial charge in [0.05, 0.1) is 13.2 Å². The first-order valence-electron chi connectivity index (χ1n) is 6.75. The van der Waals surface area contributed by atoms with Crippen LogP contribution in [0.25, 0.3) is 6.08 Å². The average Bonchev–Trinajstić information content (AvgIpc) is 2.88. The van der Waals surface area contributed by atoms with Gasteiger partial charge in [0.1, 0.15) is 5.76 Å². The number of carbonyl (C=O) groups excluding carboxylic acids is 1. The number of hydrogen-bond donors (Lipinski definition) is 1. The van der Waals surface area contributed by atoms with Crippen LogP contribution in [0.4, 0.5) is 0 Å². The number of carbonyl (C=O) groups is 1. The molecule has 2 rings (SSSR count). The molecule has 1 aliphatic rings. The van der Waals surface area contributed by atoms with Gasteiger partial charge in [-0.05, 0) is 47.1 Å². The van der Waals surface area contributed by atoms with E-state index in [0.29, 0.717) is 17.0 Å². The minimum Gasteiger partial charge on any atom is -0.450 e. The molecule has 0 aliphatic carbocycles. The Hall–Kier alpha value is -0.820. The molecule has 0 radical (unpaired) electrons. The quantitative estimate of drug-likeness (QED) is 0.609. The molecule has 1 amide bonds. The predicted molar refractivity (Wildman–Crippen MR) is 87.6 cm³/mol. The number of amides is 1. The zero-order chi connectivity index (χ0) is 14.2. The SMILES string of the molecule is Cl.O=C(C=Cc1ccc(Br)o1)NCCCN1CCOCC1. The second-order valence-corrected chi connectivity index (χ2v) is 5.36. The summed E-state index contributed by atoms with van der Waals surface area (Å²) >= 11 is 3.21. The van der Waals surface area contributed by atoms with E-state index >= 15 is 0 Å². The van der Waals surface area contributed by atoms with Gasteiger partial charge in [-0.1, -0.05) is 0 Å². The highest BCUT2D eigenvalue weighted by molar-refractivity contribution is 9.10. The first kappa shape index (κ1) is 18.2. The Morgan fingerprint density at radius 2 is 2.14 bits per heavy atom. The molecule has 1 fully saturated rings. The molecule has 1 aromatic rings. The Labute approximate surface area is 139 Å². The lowest BCUT2D eigenvalue weighted by Crippen LogP contribution is -2.38. The van der Waals surface area contributed by atoms with E-state index in [9.17, 15) is 4.79 Å². The van der Waals surface area contributed by atoms with Crippen molar-refractivity contribution in [3.05, 3.63) is 28.6 Å². The Morgan fingerprint density at radius 3 is 2.81 bits per heavy atom. The molecule has 0 atom stereocenters. The van der Waals surface area contributed by atoms with Crippen molar-refractivity contribution >= 4 is 40.3 Å². The summed E-state index contributed by atoms with van der Waals surface area (Å²) < 4.78 is 11.2. The van der Waals surface area contributed by atoms with E-state index in [4.69, 9.17) is 9.15 Å². The van der Waals surface area contributed by atoms with Gasteiger partial charge in [-0.3, -0.25) is 9.69 Å². The summed E-state index contributed by atoms with van der Waals surface area (Å²) in [5.41, 5.74) is 0. The maximum absolute atomic E-state index is 11.6. The van der Waals surface area contributed by atoms with Crippen molar-refractivity contribution in [1.29, 1.82) is 0 Å². The van der Waals surface area contributed by atoms with Crippen molar-refractivity contribution in [3.8, 4) is 0 Å². The Kier molecular flexibility index (Phi) is 8.68. The third-order valence-corrected chi connectivity index (χ3v) is 3.47. The summed E-state index contributed by atoms with van der Waals surface area (Å²) in [5.74, 6) is 0.555. The van der Waals surface area contributed by atoms with Crippen molar-refractivity contribution in [2.24, 2.45) is 0 Å². The molecule has 2 heterocycles. The monoisotopic (exact) mass is 378 g/mol. The van der Waals surface area contributed by atoms with Crippen molar-refractivity contribution in [1.82, 2.24) is 10.2 Å². The average molecular weight is 380 g/mol. The Bertz CT molecular complexity index is 459. The number of morpholine rings is 1. The van der Waals surface area contributed by atoms with E-state index in [0.717, 1.165) is 39.3 Å². The molecule has 0 spiro atoms. The van der Waals surface area contributed by atoms with Crippen LogP contribution < -0.4 is 5.32 Å². The summed E-state index contributed by atoms with van der Waals surface area (Å²) in [6.07, 6.45) is 4.09. The van der Waals surface area contributed by atoms with Gasteiger partial charge in [-0.15, -0.1) is 12.4 Å². The van der Waals surface area contributed by atoms with Gasteiger partial charge in [0.25, 0.3) is 0 Å². The van der Waals surface area contributed by atoms with Crippen LogP contribution in [0.1, 0.15) is 12.2 Å². The maximum atomic E-state index is 11.6. The highest BCUT2D eigenvalue weighted by atomic mass is 79.9. The number of furan rings is 1. The van der Waals surface area contributed by atoms with Crippen molar-refractivity contribution in [2.75, 3.05) is 39.4 Å². The molecule has 0 aromatic carbocycles. The van der Waals surface area contributed by atoms with Crippen LogP contribution in [0.2, 0.25) is 0 Å². The van der Waals surface area contributed by atoms with Gasteiger partial charge in [0.15, 0.2) is 4.67 Å². The molecule has 118 valence electrons. The second kappa shape index (κ2) is 10.00. The van der Waals surface area contributed by atoms with Crippen molar-refractivity contribution in [2.45, 2.75) is 6.42 Å². The molecule has 21 heavy (non-hydrogen) atoms. The van der Waals surface area contributed by atoms with Crippen LogP contribution in [0, 0.1) is 0 Å². The molecular weight excluding hydrogens is 360 g/mol. The minimum atomic E-state index is -0.0977. The van der Waals surface area contributed by atoms with Crippen LogP contribution in [0.5, 0.6) is 0 Å². The number of rotatable bonds is 6. The van der Waals surface area contributed by atoms with E-state index in [1.54, 1.807) is 18.2 Å². The van der Waals surface area contributed by atoms with Crippen molar-refractivity contribution < 1.29 is 13.9 Å². The van der Waals surface area contributed by atoms with Gasteiger partial charge in [-0.25, -0.2) is 0 Å². The molecule has 0 saturated carbocycles. The summed E-state index contributed by atoms with van der Waals surface area (Å²) in [6.45, 7) is 5.28. The number of hydrogen-bond acceptors (Lipinski definition) is 4. The zero-order valence-corrected chi connectivity index (χ0v) is 14.1. The zero-order valence-electron chi connectivity index (χ0n) is 11.7. The van der Waals surface area contributed by atoms with Gasteiger partial charge in [0, 0.05) is 25.7 Å². The van der Waals surface area contributed by atoms with E-state index in [1.807, 2.05) is 0 Å². The fourth-order valence-electron chi connectivity index (χ4n) is 1.97. The molecule has 5 nitrogen and oxygen atoms in total. The molecule has 1 saturated heterocycles. The third-order valence-electron chi connectivity index (χ3n) is 3.05. The summed E-state index contributed by atoms with van der Waals surface area (Å²) in [5, 5.41) is 2.86. The first-order valence-corrected chi connectivity index (χ1v) is 7.55. The first-order chi connectivity index (χ1) is 9.74. The molecule has 1 N–H and O–H groups in total. The standard InChI is InChI=1S/C14H19BrN2O3.ClH/c15-13-4-2-12(20-13)3-5-14(18)16-6-1-7-17-8-10-19-11-9-17;/h2-5H,1,6-11H2,(H,16,18);1H. The van der Waals surface area contributed by atoms with E-state index in [-0.39, 0.29) is 18.3 Å². The Morgan fingerprint density at radius 1 is 1.38 bits per heavy atom. The van der Waals surface area contributed by atoms with Gasteiger partial charge in [0.2, 0.25) is 5.91 Å². The second-order valence-electron chi connectivity index (χ2n) is 4.57. The van der Waals surface area contributed by atoms with Crippen molar-refractivity contribution in [3.63, 3.8) is 0 Å². The summed E-state index contributed by atoms with van der Waals surface area (Å²) in [7, 11) is 0. The lowest BCUT2D eigenvalue weighted by molar-refractivity contribution is -0.116. The van der Waals surface area contributed by atoms with Crippen LogP contribution in [-0.4, -0.2) is 50.2 Å². The molecular formula is C14H20BrClN2O3. The molecule has 1 aromatic heterocycles. The topological polar surface area (TPSA) is 54.7 Å². The highest BCUT2D eigenvalue weighted by Gasteiger charge is 2.09. The van der Waals surface area contributed by atoms with Gasteiger partial charge >= 0.3 is 0 Å².